The van der Waals surface area contributed by atoms with Crippen molar-refractivity contribution in [3.05, 3.63) is 71.2 Å². The van der Waals surface area contributed by atoms with Gasteiger partial charge < -0.3 is 5.11 Å². The van der Waals surface area contributed by atoms with Crippen LogP contribution in [-0.4, -0.2) is 21.7 Å². The number of nitrogens with zero attached hydrogens (tertiary/aromatic N) is 1. The lowest BCUT2D eigenvalue weighted by Gasteiger charge is -2.21. The summed E-state index contributed by atoms with van der Waals surface area (Å²) in [5, 5.41) is 11.8. The van der Waals surface area contributed by atoms with Crippen LogP contribution < -0.4 is 0 Å². The standard InChI is InChI=1S/C30H32FNO3/c1-2-3-4-5-6-7-8-9-10-14-23-28(33)27-26(30(35)29(23)34)25(20-16-18-21(31)19-17-20)22-13-11-12-15-24(22)32-27/h11-13,15-19,33H,2-10,14H2,1H3. The summed E-state index contributed by atoms with van der Waals surface area (Å²) in [6, 6.07) is 13.1. The van der Waals surface area contributed by atoms with Crippen LogP contribution >= 0.6 is 0 Å². The van der Waals surface area contributed by atoms with Crippen molar-refractivity contribution in [1.82, 2.24) is 4.98 Å². The van der Waals surface area contributed by atoms with Crippen LogP contribution in [0.3, 0.4) is 0 Å². The number of fused-ring (bicyclic) bond motifs is 2. The Bertz CT molecular complexity index is 1260. The number of ketones is 2. The number of aromatic nitrogens is 1. The molecule has 0 atom stereocenters. The van der Waals surface area contributed by atoms with Gasteiger partial charge in [0.05, 0.1) is 11.1 Å². The summed E-state index contributed by atoms with van der Waals surface area (Å²) >= 11 is 0. The van der Waals surface area contributed by atoms with E-state index in [1.54, 1.807) is 18.2 Å². The van der Waals surface area contributed by atoms with Crippen molar-refractivity contribution in [2.24, 2.45) is 0 Å². The van der Waals surface area contributed by atoms with Gasteiger partial charge in [-0.15, -0.1) is 0 Å². The molecule has 182 valence electrons. The number of halogens is 1. The maximum Gasteiger partial charge on any atom is 0.236 e. The summed E-state index contributed by atoms with van der Waals surface area (Å²) in [7, 11) is 0. The molecule has 0 amide bonds. The third-order valence-corrected chi connectivity index (χ3v) is 6.77. The normalized spacial score (nSPS) is 13.5. The number of rotatable bonds is 11. The molecule has 0 unspecified atom stereocenters. The Hall–Kier alpha value is -3.34. The molecule has 0 bridgehead atoms. The molecule has 0 radical (unpaired) electrons. The molecule has 4 rings (SSSR count). The quantitative estimate of drug-likeness (QED) is 0.226. The molecule has 2 aromatic carbocycles. The van der Waals surface area contributed by atoms with Gasteiger partial charge in [-0.25, -0.2) is 9.37 Å². The fraction of sp³-hybridized carbons (Fsp3) is 0.367. The van der Waals surface area contributed by atoms with Gasteiger partial charge in [-0.2, -0.15) is 0 Å². The third-order valence-electron chi connectivity index (χ3n) is 6.77. The summed E-state index contributed by atoms with van der Waals surface area (Å²) in [6.45, 7) is 2.21. The highest BCUT2D eigenvalue weighted by atomic mass is 19.1. The molecular weight excluding hydrogens is 441 g/mol. The van der Waals surface area contributed by atoms with Crippen LogP contribution in [0.1, 0.15) is 87.2 Å². The van der Waals surface area contributed by atoms with E-state index in [-0.39, 0.29) is 22.6 Å². The van der Waals surface area contributed by atoms with E-state index in [9.17, 15) is 19.1 Å². The fourth-order valence-corrected chi connectivity index (χ4v) is 4.87. The molecule has 35 heavy (non-hydrogen) atoms. The third kappa shape index (κ3) is 5.34. The van der Waals surface area contributed by atoms with Gasteiger partial charge in [-0.05, 0) is 36.6 Å². The monoisotopic (exact) mass is 473 g/mol. The second-order valence-corrected chi connectivity index (χ2v) is 9.30. The number of benzene rings is 2. The van der Waals surface area contributed by atoms with Gasteiger partial charge >= 0.3 is 0 Å². The Kier molecular flexibility index (Phi) is 8.06. The number of hydrogen-bond donors (Lipinski definition) is 1. The van der Waals surface area contributed by atoms with Gasteiger partial charge in [-0.1, -0.05) is 88.6 Å². The lowest BCUT2D eigenvalue weighted by molar-refractivity contribution is -0.112. The maximum absolute atomic E-state index is 13.6. The van der Waals surface area contributed by atoms with Crippen molar-refractivity contribution in [3.8, 4) is 11.1 Å². The zero-order valence-electron chi connectivity index (χ0n) is 20.3. The van der Waals surface area contributed by atoms with E-state index in [2.05, 4.69) is 11.9 Å². The molecule has 1 heterocycles. The number of unbranched alkanes of at least 4 members (excludes halogenated alkanes) is 8. The number of allylic oxidation sites excluding steroid dienone is 1. The van der Waals surface area contributed by atoms with Crippen molar-refractivity contribution >= 4 is 28.2 Å². The fourth-order valence-electron chi connectivity index (χ4n) is 4.87. The maximum atomic E-state index is 13.6. The first kappa shape index (κ1) is 24.8. The van der Waals surface area contributed by atoms with Crippen molar-refractivity contribution in [2.45, 2.75) is 71.1 Å². The summed E-state index contributed by atoms with van der Waals surface area (Å²) in [5.41, 5.74) is 2.07. The van der Waals surface area contributed by atoms with Crippen LogP contribution in [0.25, 0.3) is 27.8 Å². The lowest BCUT2D eigenvalue weighted by Crippen LogP contribution is -2.26. The van der Waals surface area contributed by atoms with E-state index >= 15 is 0 Å². The number of para-hydroxylation sites is 1. The van der Waals surface area contributed by atoms with Crippen molar-refractivity contribution in [1.29, 1.82) is 0 Å². The molecule has 0 fully saturated rings. The van der Waals surface area contributed by atoms with E-state index in [4.69, 9.17) is 0 Å². The van der Waals surface area contributed by atoms with Crippen molar-refractivity contribution in [2.75, 3.05) is 0 Å². The van der Waals surface area contributed by atoms with E-state index in [1.165, 1.54) is 50.7 Å². The number of hydrogen-bond acceptors (Lipinski definition) is 4. The average molecular weight is 474 g/mol. The summed E-state index contributed by atoms with van der Waals surface area (Å²) in [6.07, 6.45) is 10.6. The van der Waals surface area contributed by atoms with Crippen molar-refractivity contribution < 1.29 is 19.1 Å². The van der Waals surface area contributed by atoms with Gasteiger partial charge in [0, 0.05) is 16.5 Å². The lowest BCUT2D eigenvalue weighted by atomic mass is 9.83. The first-order valence-electron chi connectivity index (χ1n) is 12.7. The zero-order valence-corrected chi connectivity index (χ0v) is 20.3. The van der Waals surface area contributed by atoms with E-state index < -0.39 is 17.4 Å². The second-order valence-electron chi connectivity index (χ2n) is 9.30. The number of aliphatic hydroxyl groups excluding tert-OH is 1. The smallest absolute Gasteiger partial charge is 0.236 e. The number of carbonyl (C=O) groups is 2. The molecule has 1 aliphatic carbocycles. The largest absolute Gasteiger partial charge is 0.505 e. The Labute approximate surface area is 205 Å². The van der Waals surface area contributed by atoms with Crippen LogP contribution in [0.5, 0.6) is 0 Å². The van der Waals surface area contributed by atoms with Gasteiger partial charge in [-0.3, -0.25) is 9.59 Å². The molecular formula is C30H32FNO3. The molecule has 5 heteroatoms. The van der Waals surface area contributed by atoms with E-state index in [0.717, 1.165) is 19.3 Å². The number of pyridine rings is 1. The summed E-state index contributed by atoms with van der Waals surface area (Å²) in [4.78, 5) is 31.0. The summed E-state index contributed by atoms with van der Waals surface area (Å²) < 4.78 is 13.6. The van der Waals surface area contributed by atoms with Crippen LogP contribution in [-0.2, 0) is 4.79 Å². The van der Waals surface area contributed by atoms with Gasteiger partial charge in [0.15, 0.2) is 0 Å². The van der Waals surface area contributed by atoms with Gasteiger partial charge in [0.25, 0.3) is 0 Å². The predicted molar refractivity (Wildman–Crippen MR) is 138 cm³/mol. The highest BCUT2D eigenvalue weighted by molar-refractivity contribution is 6.53. The zero-order chi connectivity index (χ0) is 24.8. The number of carbonyl (C=O) groups excluding carboxylic acids is 2. The van der Waals surface area contributed by atoms with Gasteiger partial charge in [0.2, 0.25) is 11.6 Å². The highest BCUT2D eigenvalue weighted by Gasteiger charge is 2.36. The molecule has 0 aliphatic heterocycles. The van der Waals surface area contributed by atoms with Crippen LogP contribution in [0.15, 0.2) is 54.1 Å². The molecule has 1 aromatic heterocycles. The van der Waals surface area contributed by atoms with Gasteiger partial charge in [0.1, 0.15) is 17.3 Å². The molecule has 1 N–H and O–H groups in total. The average Bonchev–Trinajstić information content (AvgIpc) is 2.87. The first-order valence-corrected chi connectivity index (χ1v) is 12.7. The van der Waals surface area contributed by atoms with Crippen LogP contribution in [0.4, 0.5) is 4.39 Å². The topological polar surface area (TPSA) is 67.3 Å². The Morgan fingerprint density at radius 2 is 1.40 bits per heavy atom. The van der Waals surface area contributed by atoms with E-state index in [1.807, 2.05) is 18.2 Å². The summed E-state index contributed by atoms with van der Waals surface area (Å²) in [5.74, 6) is -1.94. The molecule has 0 saturated carbocycles. The van der Waals surface area contributed by atoms with Crippen LogP contribution in [0.2, 0.25) is 0 Å². The minimum atomic E-state index is -0.671. The van der Waals surface area contributed by atoms with E-state index in [0.29, 0.717) is 28.5 Å². The molecule has 0 saturated heterocycles. The Morgan fingerprint density at radius 1 is 0.771 bits per heavy atom. The molecule has 4 nitrogen and oxygen atoms in total. The minimum Gasteiger partial charge on any atom is -0.505 e. The SMILES string of the molecule is CCCCCCCCCCCC1=C(O)c2nc3ccccc3c(-c3ccc(F)cc3)c2C(=O)C1=O. The molecule has 1 aliphatic rings. The molecule has 3 aromatic rings. The van der Waals surface area contributed by atoms with Crippen LogP contribution in [0, 0.1) is 5.82 Å². The number of aliphatic hydroxyl groups is 1. The Morgan fingerprint density at radius 3 is 2.09 bits per heavy atom. The predicted octanol–water partition coefficient (Wildman–Crippen LogP) is 8.00. The highest BCUT2D eigenvalue weighted by Crippen LogP contribution is 2.39. The van der Waals surface area contributed by atoms with Crippen molar-refractivity contribution in [3.63, 3.8) is 0 Å². The minimum absolute atomic E-state index is 0.0913. The number of Topliss-reactive ketones (excluding diaryl/α,β-unsaturated/α-hetero) is 2. The Balaban J connectivity index is 1.61. The molecule has 0 spiro atoms. The first-order chi connectivity index (χ1) is 17.0. The second kappa shape index (κ2) is 11.4.